The fourth-order valence-electron chi connectivity index (χ4n) is 2.42. The minimum absolute atomic E-state index is 0.0337. The number of ether oxygens (including phenoxy) is 2. The van der Waals surface area contributed by atoms with Gasteiger partial charge in [0.05, 0.1) is 4.47 Å². The van der Waals surface area contributed by atoms with Gasteiger partial charge in [-0.2, -0.15) is 15.6 Å². The summed E-state index contributed by atoms with van der Waals surface area (Å²) >= 11 is 3.11. The molecule has 0 aliphatic rings. The molecule has 11 nitrogen and oxygen atoms in total. The molecule has 14 heteroatoms. The van der Waals surface area contributed by atoms with Gasteiger partial charge in [0.25, 0.3) is 5.56 Å². The SMILES string of the molecule is C[Si](C)(C)CCOCn1[nH]c(C#N)cc(=O)c1=O.C[Si](C)(C)CCOCn1nc(C#N)cc(Br)c1=O. The van der Waals surface area contributed by atoms with Crippen molar-refractivity contribution in [3.8, 4) is 12.1 Å². The Labute approximate surface area is 220 Å². The Morgan fingerprint density at radius 1 is 0.917 bits per heavy atom. The van der Waals surface area contributed by atoms with Crippen molar-refractivity contribution < 1.29 is 9.47 Å². The zero-order valence-corrected chi connectivity index (χ0v) is 25.1. The van der Waals surface area contributed by atoms with Crippen molar-refractivity contribution in [1.82, 2.24) is 19.6 Å². The van der Waals surface area contributed by atoms with Crippen LogP contribution in [0.2, 0.25) is 51.4 Å². The van der Waals surface area contributed by atoms with E-state index in [-0.39, 0.29) is 30.4 Å². The molecule has 0 amide bonds. The Kier molecular flexibility index (Phi) is 12.4. The van der Waals surface area contributed by atoms with Crippen molar-refractivity contribution in [1.29, 1.82) is 10.5 Å². The molecule has 0 saturated heterocycles. The van der Waals surface area contributed by atoms with E-state index in [1.165, 1.54) is 6.07 Å². The zero-order valence-electron chi connectivity index (χ0n) is 21.6. The smallest absolute Gasteiger partial charge is 0.314 e. The van der Waals surface area contributed by atoms with Gasteiger partial charge in [0, 0.05) is 35.4 Å². The van der Waals surface area contributed by atoms with E-state index in [9.17, 15) is 14.4 Å². The van der Waals surface area contributed by atoms with E-state index >= 15 is 0 Å². The number of aromatic amines is 1. The molecule has 0 aliphatic heterocycles. The monoisotopic (exact) mass is 596 g/mol. The minimum Gasteiger partial charge on any atom is -0.359 e. The maximum Gasteiger partial charge on any atom is 0.314 e. The van der Waals surface area contributed by atoms with Gasteiger partial charge in [-0.3, -0.25) is 19.5 Å². The van der Waals surface area contributed by atoms with Crippen LogP contribution in [0.4, 0.5) is 0 Å². The van der Waals surface area contributed by atoms with Crippen molar-refractivity contribution in [2.45, 2.75) is 64.8 Å². The summed E-state index contributed by atoms with van der Waals surface area (Å²) in [5.41, 5.74) is -1.47. The number of halogens is 1. The molecule has 2 aromatic heterocycles. The average Bonchev–Trinajstić information content (AvgIpc) is 2.78. The molecule has 2 rings (SSSR count). The molecule has 2 heterocycles. The first-order valence-electron chi connectivity index (χ1n) is 11.2. The molecule has 0 atom stereocenters. The third-order valence-electron chi connectivity index (χ3n) is 4.58. The van der Waals surface area contributed by atoms with E-state index in [1.807, 2.05) is 6.07 Å². The number of aromatic nitrogens is 4. The van der Waals surface area contributed by atoms with E-state index in [0.29, 0.717) is 17.7 Å². The van der Waals surface area contributed by atoms with Crippen LogP contribution in [0.1, 0.15) is 11.4 Å². The van der Waals surface area contributed by atoms with Crippen LogP contribution < -0.4 is 16.5 Å². The van der Waals surface area contributed by atoms with Crippen LogP contribution in [0, 0.1) is 22.7 Å². The highest BCUT2D eigenvalue weighted by Gasteiger charge is 2.13. The Morgan fingerprint density at radius 2 is 1.47 bits per heavy atom. The van der Waals surface area contributed by atoms with Gasteiger partial charge in [0.2, 0.25) is 5.43 Å². The van der Waals surface area contributed by atoms with Crippen LogP contribution >= 0.6 is 15.9 Å². The average molecular weight is 598 g/mol. The lowest BCUT2D eigenvalue weighted by molar-refractivity contribution is 0.0745. The van der Waals surface area contributed by atoms with Gasteiger partial charge in [-0.25, -0.2) is 9.36 Å². The number of H-pyrrole nitrogens is 1. The van der Waals surface area contributed by atoms with Gasteiger partial charge in [-0.15, -0.1) is 0 Å². The van der Waals surface area contributed by atoms with Crippen LogP contribution in [-0.2, 0) is 22.9 Å². The molecular weight excluding hydrogens is 564 g/mol. The zero-order chi connectivity index (χ0) is 27.5. The van der Waals surface area contributed by atoms with E-state index in [4.69, 9.17) is 20.0 Å². The molecule has 0 spiro atoms. The summed E-state index contributed by atoms with van der Waals surface area (Å²) in [6, 6.07) is 8.08. The highest BCUT2D eigenvalue weighted by atomic mass is 79.9. The molecule has 2 aromatic rings. The molecule has 0 fully saturated rings. The van der Waals surface area contributed by atoms with Gasteiger partial charge in [0.15, 0.2) is 5.69 Å². The minimum atomic E-state index is -1.17. The normalized spacial score (nSPS) is 11.2. The summed E-state index contributed by atoms with van der Waals surface area (Å²) in [5, 5.41) is 23.9. The second kappa shape index (κ2) is 14.2. The Balaban J connectivity index is 0.000000360. The van der Waals surface area contributed by atoms with Gasteiger partial charge in [-0.1, -0.05) is 39.3 Å². The van der Waals surface area contributed by atoms with Gasteiger partial charge in [0.1, 0.15) is 31.3 Å². The van der Waals surface area contributed by atoms with E-state index in [1.54, 1.807) is 6.07 Å². The number of nitrogens with one attached hydrogen (secondary N) is 1. The lowest BCUT2D eigenvalue weighted by atomic mass is 10.4. The third kappa shape index (κ3) is 11.9. The molecule has 0 saturated carbocycles. The summed E-state index contributed by atoms with van der Waals surface area (Å²) in [6.07, 6.45) is 0. The fraction of sp³-hybridized carbons (Fsp3) is 0.545. The van der Waals surface area contributed by atoms with E-state index < -0.39 is 27.1 Å². The van der Waals surface area contributed by atoms with Crippen molar-refractivity contribution in [3.63, 3.8) is 0 Å². The summed E-state index contributed by atoms with van der Waals surface area (Å²) < 4.78 is 13.3. The molecule has 0 aromatic carbocycles. The van der Waals surface area contributed by atoms with Gasteiger partial charge < -0.3 is 9.47 Å². The lowest BCUT2D eigenvalue weighted by Crippen LogP contribution is -2.37. The molecule has 0 unspecified atom stereocenters. The highest BCUT2D eigenvalue weighted by molar-refractivity contribution is 9.10. The van der Waals surface area contributed by atoms with Crippen molar-refractivity contribution >= 4 is 32.1 Å². The molecular formula is C22H33BrN6O5Si2. The fourth-order valence-corrected chi connectivity index (χ4v) is 4.35. The van der Waals surface area contributed by atoms with E-state index in [2.05, 4.69) is 65.4 Å². The van der Waals surface area contributed by atoms with Crippen LogP contribution in [0.15, 0.2) is 31.0 Å². The second-order valence-corrected chi connectivity index (χ2v) is 22.5. The first kappa shape index (κ1) is 31.4. The van der Waals surface area contributed by atoms with Crippen LogP contribution in [0.25, 0.3) is 0 Å². The Hall–Kier alpha value is -2.63. The largest absolute Gasteiger partial charge is 0.359 e. The number of rotatable bonds is 10. The summed E-state index contributed by atoms with van der Waals surface area (Å²) in [5.74, 6) is 0. The maximum atomic E-state index is 11.7. The summed E-state index contributed by atoms with van der Waals surface area (Å²) in [6.45, 7) is 14.6. The number of nitrogens with zero attached hydrogens (tertiary/aromatic N) is 5. The Bertz CT molecular complexity index is 1280. The number of nitriles is 2. The van der Waals surface area contributed by atoms with Crippen LogP contribution in [-0.4, -0.2) is 48.9 Å². The first-order valence-corrected chi connectivity index (χ1v) is 19.4. The van der Waals surface area contributed by atoms with Gasteiger partial charge >= 0.3 is 5.56 Å². The van der Waals surface area contributed by atoms with Crippen molar-refractivity contribution in [2.75, 3.05) is 13.2 Å². The Morgan fingerprint density at radius 3 is 1.97 bits per heavy atom. The highest BCUT2D eigenvalue weighted by Crippen LogP contribution is 2.08. The molecule has 0 aliphatic carbocycles. The van der Waals surface area contributed by atoms with Gasteiger partial charge in [-0.05, 0) is 34.1 Å². The number of hydrogen-bond acceptors (Lipinski definition) is 8. The molecule has 0 bridgehead atoms. The standard InChI is InChI=1S/C11H16BrN3O2Si.C11H17N3O3Si/c1-18(2,3)5-4-17-8-15-11(16)10(12)6-9(7-13)14-15;1-18(2,3)5-4-17-8-14-11(16)10(15)6-9(7-12)13-14/h6H,4-5,8H2,1-3H3;6,13H,4-5,8H2,1-3H3. The predicted molar refractivity (Wildman–Crippen MR) is 145 cm³/mol. The molecule has 0 radical (unpaired) electrons. The molecule has 1 N–H and O–H groups in total. The van der Waals surface area contributed by atoms with Crippen LogP contribution in [0.5, 0.6) is 0 Å². The summed E-state index contributed by atoms with van der Waals surface area (Å²) in [7, 11) is -2.31. The second-order valence-electron chi connectivity index (χ2n) is 10.4. The first-order chi connectivity index (χ1) is 16.7. The summed E-state index contributed by atoms with van der Waals surface area (Å²) in [4.78, 5) is 34.4. The third-order valence-corrected chi connectivity index (χ3v) is 8.56. The lowest BCUT2D eigenvalue weighted by Gasteiger charge is -2.15. The van der Waals surface area contributed by atoms with Crippen molar-refractivity contribution in [3.05, 3.63) is 58.9 Å². The number of hydrogen-bond donors (Lipinski definition) is 1. The van der Waals surface area contributed by atoms with E-state index in [0.717, 1.165) is 27.5 Å². The molecule has 196 valence electrons. The van der Waals surface area contributed by atoms with Crippen LogP contribution in [0.3, 0.4) is 0 Å². The topological polar surface area (TPSA) is 156 Å². The molecule has 36 heavy (non-hydrogen) atoms. The predicted octanol–water partition coefficient (Wildman–Crippen LogP) is 2.91. The quantitative estimate of drug-likeness (QED) is 0.249. The van der Waals surface area contributed by atoms with Crippen molar-refractivity contribution in [2.24, 2.45) is 0 Å². The maximum absolute atomic E-state index is 11.7.